The maximum atomic E-state index is 11.5. The Bertz CT molecular complexity index is 300. The molecule has 1 rings (SSSR count). The summed E-state index contributed by atoms with van der Waals surface area (Å²) in [6.45, 7) is 6.56. The molecule has 0 bridgehead atoms. The van der Waals surface area contributed by atoms with Gasteiger partial charge >= 0.3 is 12.2 Å². The van der Waals surface area contributed by atoms with E-state index < -0.39 is 24.0 Å². The molecule has 0 aromatic carbocycles. The van der Waals surface area contributed by atoms with Crippen molar-refractivity contribution in [3.05, 3.63) is 0 Å². The third-order valence-corrected chi connectivity index (χ3v) is 2.17. The zero-order valence-corrected chi connectivity index (χ0v) is 10.3. The first-order valence-corrected chi connectivity index (χ1v) is 5.49. The molecule has 0 aromatic rings. The Morgan fingerprint density at radius 2 is 2.12 bits per heavy atom. The molecular formula is C10H19N3O4. The maximum absolute atomic E-state index is 11.5. The lowest BCUT2D eigenvalue weighted by atomic mass is 10.2. The first-order valence-electron chi connectivity index (χ1n) is 5.49. The Balaban J connectivity index is 2.53. The Hall–Kier alpha value is -1.50. The lowest BCUT2D eigenvalue weighted by molar-refractivity contribution is 0.0396. The molecule has 1 unspecified atom stereocenters. The lowest BCUT2D eigenvalue weighted by Gasteiger charge is -2.34. The zero-order chi connectivity index (χ0) is 13.1. The van der Waals surface area contributed by atoms with Gasteiger partial charge in [-0.2, -0.15) is 0 Å². The average molecular weight is 245 g/mol. The SMILES string of the molecule is CC(C)(C)OC(=O)NC1CNCCN1C(=O)O. The number of hydrogen-bond donors (Lipinski definition) is 3. The summed E-state index contributed by atoms with van der Waals surface area (Å²) in [5.41, 5.74) is -0.597. The molecule has 2 amide bonds. The van der Waals surface area contributed by atoms with Crippen LogP contribution >= 0.6 is 0 Å². The third-order valence-electron chi connectivity index (χ3n) is 2.17. The highest BCUT2D eigenvalue weighted by molar-refractivity contribution is 5.70. The number of ether oxygens (including phenoxy) is 1. The second kappa shape index (κ2) is 5.22. The minimum Gasteiger partial charge on any atom is -0.465 e. The second-order valence-corrected chi connectivity index (χ2v) is 4.84. The molecule has 0 spiro atoms. The Morgan fingerprint density at radius 1 is 1.47 bits per heavy atom. The van der Waals surface area contributed by atoms with Gasteiger partial charge in [0.1, 0.15) is 11.8 Å². The molecule has 0 aliphatic carbocycles. The summed E-state index contributed by atoms with van der Waals surface area (Å²) in [6, 6.07) is 0. The monoisotopic (exact) mass is 245 g/mol. The summed E-state index contributed by atoms with van der Waals surface area (Å²) >= 11 is 0. The number of piperazine rings is 1. The van der Waals surface area contributed by atoms with Crippen molar-refractivity contribution in [2.45, 2.75) is 32.5 Å². The quantitative estimate of drug-likeness (QED) is 0.623. The average Bonchev–Trinajstić information content (AvgIpc) is 2.14. The number of nitrogens with zero attached hydrogens (tertiary/aromatic N) is 1. The van der Waals surface area contributed by atoms with E-state index in [-0.39, 0.29) is 0 Å². The van der Waals surface area contributed by atoms with Gasteiger partial charge in [-0.1, -0.05) is 0 Å². The number of rotatable bonds is 1. The summed E-state index contributed by atoms with van der Waals surface area (Å²) in [7, 11) is 0. The molecule has 98 valence electrons. The summed E-state index contributed by atoms with van der Waals surface area (Å²) in [5.74, 6) is 0. The van der Waals surface area contributed by atoms with Crippen molar-refractivity contribution in [3.63, 3.8) is 0 Å². The van der Waals surface area contributed by atoms with Crippen LogP contribution in [0.4, 0.5) is 9.59 Å². The van der Waals surface area contributed by atoms with E-state index in [4.69, 9.17) is 9.84 Å². The maximum Gasteiger partial charge on any atom is 0.409 e. The van der Waals surface area contributed by atoms with Crippen LogP contribution in [0, 0.1) is 0 Å². The highest BCUT2D eigenvalue weighted by Crippen LogP contribution is 2.08. The van der Waals surface area contributed by atoms with Gasteiger partial charge in [-0.3, -0.25) is 10.2 Å². The van der Waals surface area contributed by atoms with Crippen molar-refractivity contribution in [2.24, 2.45) is 0 Å². The minimum absolute atomic E-state index is 0.343. The van der Waals surface area contributed by atoms with Gasteiger partial charge in [0.15, 0.2) is 0 Å². The van der Waals surface area contributed by atoms with E-state index in [0.29, 0.717) is 19.6 Å². The number of carbonyl (C=O) groups is 2. The number of alkyl carbamates (subject to hydrolysis) is 1. The van der Waals surface area contributed by atoms with E-state index in [0.717, 1.165) is 0 Å². The summed E-state index contributed by atoms with van der Waals surface area (Å²) in [5, 5.41) is 14.5. The van der Waals surface area contributed by atoms with Crippen molar-refractivity contribution in [1.82, 2.24) is 15.5 Å². The lowest BCUT2D eigenvalue weighted by Crippen LogP contribution is -2.60. The Labute approximate surface area is 100 Å². The zero-order valence-electron chi connectivity index (χ0n) is 10.3. The molecule has 0 aromatic heterocycles. The van der Waals surface area contributed by atoms with Crippen LogP contribution in [0.1, 0.15) is 20.8 Å². The van der Waals surface area contributed by atoms with Gasteiger partial charge < -0.3 is 15.2 Å². The second-order valence-electron chi connectivity index (χ2n) is 4.84. The normalized spacial score (nSPS) is 20.9. The van der Waals surface area contributed by atoms with Crippen LogP contribution in [0.15, 0.2) is 0 Å². The highest BCUT2D eigenvalue weighted by atomic mass is 16.6. The van der Waals surface area contributed by atoms with Crippen LogP contribution in [0.25, 0.3) is 0 Å². The summed E-state index contributed by atoms with van der Waals surface area (Å²) in [6.07, 6.45) is -2.25. The number of amides is 2. The number of carboxylic acid groups (broad SMARTS) is 1. The molecule has 1 saturated heterocycles. The van der Waals surface area contributed by atoms with Gasteiger partial charge in [0.25, 0.3) is 0 Å². The van der Waals surface area contributed by atoms with Gasteiger partial charge in [-0.05, 0) is 20.8 Å². The fourth-order valence-corrected chi connectivity index (χ4v) is 1.51. The van der Waals surface area contributed by atoms with E-state index in [9.17, 15) is 9.59 Å². The van der Waals surface area contributed by atoms with E-state index >= 15 is 0 Å². The van der Waals surface area contributed by atoms with Crippen molar-refractivity contribution in [3.8, 4) is 0 Å². The van der Waals surface area contributed by atoms with E-state index in [1.165, 1.54) is 4.90 Å². The minimum atomic E-state index is -1.05. The molecule has 7 heteroatoms. The molecule has 0 saturated carbocycles. The molecule has 17 heavy (non-hydrogen) atoms. The molecule has 1 aliphatic heterocycles. The van der Waals surface area contributed by atoms with Gasteiger partial charge in [0, 0.05) is 19.6 Å². The molecule has 1 aliphatic rings. The van der Waals surface area contributed by atoms with Crippen molar-refractivity contribution in [1.29, 1.82) is 0 Å². The largest absolute Gasteiger partial charge is 0.465 e. The molecular weight excluding hydrogens is 226 g/mol. The van der Waals surface area contributed by atoms with Crippen molar-refractivity contribution < 1.29 is 19.4 Å². The van der Waals surface area contributed by atoms with Gasteiger partial charge in [-0.25, -0.2) is 9.59 Å². The van der Waals surface area contributed by atoms with Crippen LogP contribution in [-0.4, -0.2) is 53.6 Å². The predicted octanol–water partition coefficient (Wildman–Crippen LogP) is 0.420. The molecule has 7 nitrogen and oxygen atoms in total. The van der Waals surface area contributed by atoms with Crippen molar-refractivity contribution >= 4 is 12.2 Å². The summed E-state index contributed by atoms with van der Waals surface area (Å²) in [4.78, 5) is 23.6. The first-order chi connectivity index (χ1) is 7.79. The van der Waals surface area contributed by atoms with Crippen LogP contribution in [0.5, 0.6) is 0 Å². The fourth-order valence-electron chi connectivity index (χ4n) is 1.51. The molecule has 1 heterocycles. The molecule has 1 atom stereocenters. The summed E-state index contributed by atoms with van der Waals surface area (Å²) < 4.78 is 5.07. The number of carbonyl (C=O) groups excluding carboxylic acids is 1. The Morgan fingerprint density at radius 3 is 2.65 bits per heavy atom. The van der Waals surface area contributed by atoms with E-state index in [1.54, 1.807) is 20.8 Å². The Kier molecular flexibility index (Phi) is 4.17. The predicted molar refractivity (Wildman–Crippen MR) is 60.8 cm³/mol. The van der Waals surface area contributed by atoms with Crippen LogP contribution in [0.2, 0.25) is 0 Å². The molecule has 0 radical (unpaired) electrons. The van der Waals surface area contributed by atoms with Crippen LogP contribution in [-0.2, 0) is 4.74 Å². The topological polar surface area (TPSA) is 90.9 Å². The van der Waals surface area contributed by atoms with Gasteiger partial charge in [0.05, 0.1) is 0 Å². The van der Waals surface area contributed by atoms with Crippen molar-refractivity contribution in [2.75, 3.05) is 19.6 Å². The first kappa shape index (κ1) is 13.6. The van der Waals surface area contributed by atoms with Crippen LogP contribution < -0.4 is 10.6 Å². The number of hydrogen-bond acceptors (Lipinski definition) is 4. The van der Waals surface area contributed by atoms with E-state index in [2.05, 4.69) is 10.6 Å². The van der Waals surface area contributed by atoms with Gasteiger partial charge in [-0.15, -0.1) is 0 Å². The third kappa shape index (κ3) is 4.48. The van der Waals surface area contributed by atoms with E-state index in [1.807, 2.05) is 0 Å². The number of nitrogens with one attached hydrogen (secondary N) is 2. The van der Waals surface area contributed by atoms with Gasteiger partial charge in [0.2, 0.25) is 0 Å². The molecule has 3 N–H and O–H groups in total. The molecule has 1 fully saturated rings. The standard InChI is InChI=1S/C10H19N3O4/c1-10(2,3)17-8(14)12-7-6-11-4-5-13(7)9(15)16/h7,11H,4-6H2,1-3H3,(H,12,14)(H,15,16). The highest BCUT2D eigenvalue weighted by Gasteiger charge is 2.29. The van der Waals surface area contributed by atoms with Crippen LogP contribution in [0.3, 0.4) is 0 Å². The smallest absolute Gasteiger partial charge is 0.409 e. The fraction of sp³-hybridized carbons (Fsp3) is 0.800.